The smallest absolute Gasteiger partial charge is 0.743 e. The van der Waals surface area contributed by atoms with Crippen LogP contribution in [0.5, 0.6) is 0 Å². The molecule has 0 aliphatic carbocycles. The molecule has 1 heterocycles. The Labute approximate surface area is 85.9 Å². The Morgan fingerprint density at radius 2 is 2.09 bits per heavy atom. The van der Waals surface area contributed by atoms with Gasteiger partial charge in [-0.1, -0.05) is 0 Å². The van der Waals surface area contributed by atoms with Crippen molar-refractivity contribution in [1.29, 1.82) is 0 Å². The number of hydrogen-bond donors (Lipinski definition) is 0. The maximum atomic E-state index is 10.2. The molecule has 1 rings (SSSR count). The SMILES string of the molecule is O=S(=O)([O-])c1cccnn1.[Na+]. The summed E-state index contributed by atoms with van der Waals surface area (Å²) in [5, 5.41) is 5.78. The monoisotopic (exact) mass is 182 g/mol. The number of nitrogens with zero attached hydrogens (tertiary/aromatic N) is 2. The summed E-state index contributed by atoms with van der Waals surface area (Å²) in [6.45, 7) is 0. The molecule has 0 fully saturated rings. The molecule has 0 bridgehead atoms. The van der Waals surface area contributed by atoms with Crippen LogP contribution >= 0.6 is 0 Å². The van der Waals surface area contributed by atoms with Crippen LogP contribution in [-0.4, -0.2) is 23.2 Å². The molecule has 0 aromatic carbocycles. The summed E-state index contributed by atoms with van der Waals surface area (Å²) in [4.78, 5) is 0. The third kappa shape index (κ3) is 3.26. The largest absolute Gasteiger partial charge is 1.00 e. The molecule has 0 radical (unpaired) electrons. The first-order chi connectivity index (χ1) is 4.61. The van der Waals surface area contributed by atoms with E-state index in [1.807, 2.05) is 0 Å². The Morgan fingerprint density at radius 3 is 2.36 bits per heavy atom. The molecule has 5 nitrogen and oxygen atoms in total. The van der Waals surface area contributed by atoms with Crippen molar-refractivity contribution >= 4 is 10.1 Å². The Hall–Kier alpha value is -0.0100. The molecular formula is C4H3N2NaO3S. The summed E-state index contributed by atoms with van der Waals surface area (Å²) in [6.07, 6.45) is 1.29. The minimum Gasteiger partial charge on any atom is -0.743 e. The first-order valence-electron chi connectivity index (χ1n) is 2.34. The molecule has 7 heteroatoms. The minimum absolute atomic E-state index is 0. The summed E-state index contributed by atoms with van der Waals surface area (Å²) in [5.74, 6) is 0. The van der Waals surface area contributed by atoms with E-state index in [1.165, 1.54) is 12.3 Å². The summed E-state index contributed by atoms with van der Waals surface area (Å²) < 4.78 is 30.5. The van der Waals surface area contributed by atoms with E-state index >= 15 is 0 Å². The van der Waals surface area contributed by atoms with Crippen molar-refractivity contribution in [3.8, 4) is 0 Å². The minimum atomic E-state index is -4.43. The second-order valence-corrected chi connectivity index (χ2v) is 2.84. The van der Waals surface area contributed by atoms with E-state index in [0.717, 1.165) is 6.07 Å². The van der Waals surface area contributed by atoms with Crippen molar-refractivity contribution in [1.82, 2.24) is 10.2 Å². The molecule has 1 aromatic rings. The maximum Gasteiger partial charge on any atom is 1.00 e. The van der Waals surface area contributed by atoms with E-state index < -0.39 is 15.1 Å². The van der Waals surface area contributed by atoms with Crippen molar-refractivity contribution < 1.29 is 42.5 Å². The molecule has 0 aliphatic heterocycles. The third-order valence-corrected chi connectivity index (χ3v) is 1.53. The fourth-order valence-corrected chi connectivity index (χ4v) is 0.813. The summed E-state index contributed by atoms with van der Waals surface area (Å²) in [6, 6.07) is 2.42. The van der Waals surface area contributed by atoms with Crippen molar-refractivity contribution in [2.45, 2.75) is 5.03 Å². The van der Waals surface area contributed by atoms with Gasteiger partial charge in [0, 0.05) is 6.20 Å². The van der Waals surface area contributed by atoms with E-state index in [1.54, 1.807) is 0 Å². The summed E-state index contributed by atoms with van der Waals surface area (Å²) in [5.41, 5.74) is 0. The first-order valence-corrected chi connectivity index (χ1v) is 3.75. The van der Waals surface area contributed by atoms with Crippen LogP contribution in [0.4, 0.5) is 0 Å². The van der Waals surface area contributed by atoms with E-state index in [4.69, 9.17) is 0 Å². The summed E-state index contributed by atoms with van der Waals surface area (Å²) >= 11 is 0. The molecule has 0 unspecified atom stereocenters. The van der Waals surface area contributed by atoms with Crippen LogP contribution in [0, 0.1) is 0 Å². The van der Waals surface area contributed by atoms with Crippen molar-refractivity contribution in [2.24, 2.45) is 0 Å². The molecule has 1 aromatic heterocycles. The molecule has 0 saturated heterocycles. The van der Waals surface area contributed by atoms with Gasteiger partial charge in [-0.3, -0.25) is 0 Å². The Morgan fingerprint density at radius 1 is 1.45 bits per heavy atom. The predicted molar refractivity (Wildman–Crippen MR) is 30.0 cm³/mol. The van der Waals surface area contributed by atoms with E-state index in [2.05, 4.69) is 10.2 Å². The Bertz CT molecular complexity index is 311. The molecule has 0 amide bonds. The Kier molecular flexibility index (Phi) is 4.12. The number of aromatic nitrogens is 2. The van der Waals surface area contributed by atoms with Crippen LogP contribution in [0.25, 0.3) is 0 Å². The normalized spacial score (nSPS) is 10.3. The van der Waals surface area contributed by atoms with Crippen LogP contribution in [0.2, 0.25) is 0 Å². The topological polar surface area (TPSA) is 83.0 Å². The average molecular weight is 182 g/mol. The average Bonchev–Trinajstić information content (AvgIpc) is 1.88. The predicted octanol–water partition coefficient (Wildman–Crippen LogP) is -3.62. The van der Waals surface area contributed by atoms with Crippen molar-refractivity contribution in [3.63, 3.8) is 0 Å². The zero-order valence-corrected chi connectivity index (χ0v) is 8.58. The second-order valence-electron chi connectivity index (χ2n) is 1.52. The van der Waals surface area contributed by atoms with Gasteiger partial charge in [0.05, 0.1) is 0 Å². The maximum absolute atomic E-state index is 10.2. The van der Waals surface area contributed by atoms with Gasteiger partial charge >= 0.3 is 29.6 Å². The quantitative estimate of drug-likeness (QED) is 0.331. The molecule has 54 valence electrons. The van der Waals surface area contributed by atoms with Gasteiger partial charge in [0.1, 0.15) is 10.1 Å². The Balaban J connectivity index is 0.000001000. The summed E-state index contributed by atoms with van der Waals surface area (Å²) in [7, 11) is -4.43. The zero-order chi connectivity index (χ0) is 7.61. The van der Waals surface area contributed by atoms with E-state index in [-0.39, 0.29) is 29.6 Å². The molecule has 11 heavy (non-hydrogen) atoms. The van der Waals surface area contributed by atoms with Crippen LogP contribution in [-0.2, 0) is 10.1 Å². The van der Waals surface area contributed by atoms with Gasteiger partial charge in [0.2, 0.25) is 0 Å². The molecule has 0 atom stereocenters. The molecule has 0 spiro atoms. The molecule has 0 N–H and O–H groups in total. The van der Waals surface area contributed by atoms with Gasteiger partial charge in [-0.25, -0.2) is 8.42 Å². The third-order valence-electron chi connectivity index (χ3n) is 0.804. The van der Waals surface area contributed by atoms with E-state index in [9.17, 15) is 13.0 Å². The van der Waals surface area contributed by atoms with Crippen LogP contribution in [0.1, 0.15) is 0 Å². The first kappa shape index (κ1) is 11.0. The van der Waals surface area contributed by atoms with Gasteiger partial charge < -0.3 is 4.55 Å². The van der Waals surface area contributed by atoms with Crippen LogP contribution in [0.3, 0.4) is 0 Å². The molecule has 0 saturated carbocycles. The fraction of sp³-hybridized carbons (Fsp3) is 0. The number of hydrogen-bond acceptors (Lipinski definition) is 5. The van der Waals surface area contributed by atoms with Crippen LogP contribution in [0.15, 0.2) is 23.4 Å². The molecule has 0 aliphatic rings. The standard InChI is InChI=1S/C4H4N2O3S.Na/c7-10(8,9)4-2-1-3-5-6-4;/h1-3H,(H,7,8,9);/q;+1/p-1. The van der Waals surface area contributed by atoms with Crippen molar-refractivity contribution in [2.75, 3.05) is 0 Å². The number of rotatable bonds is 1. The molecular weight excluding hydrogens is 179 g/mol. The van der Waals surface area contributed by atoms with Gasteiger partial charge in [-0.2, -0.15) is 5.10 Å². The van der Waals surface area contributed by atoms with Gasteiger partial charge in [-0.15, -0.1) is 5.10 Å². The van der Waals surface area contributed by atoms with Gasteiger partial charge in [0.25, 0.3) is 0 Å². The zero-order valence-electron chi connectivity index (χ0n) is 5.76. The van der Waals surface area contributed by atoms with Gasteiger partial charge in [-0.05, 0) is 12.1 Å². The second kappa shape index (κ2) is 4.13. The van der Waals surface area contributed by atoms with E-state index in [0.29, 0.717) is 0 Å². The van der Waals surface area contributed by atoms with Crippen LogP contribution < -0.4 is 29.6 Å². The fourth-order valence-electron chi connectivity index (χ4n) is 0.421. The van der Waals surface area contributed by atoms with Gasteiger partial charge in [0.15, 0.2) is 5.03 Å². The van der Waals surface area contributed by atoms with Crippen molar-refractivity contribution in [3.05, 3.63) is 18.3 Å².